The van der Waals surface area contributed by atoms with Crippen molar-refractivity contribution in [2.45, 2.75) is 69.7 Å². The smallest absolute Gasteiger partial charge is 0.122 e. The summed E-state index contributed by atoms with van der Waals surface area (Å²) in [7, 11) is 1.66. The van der Waals surface area contributed by atoms with Gasteiger partial charge in [-0.05, 0) is 83.6 Å². The summed E-state index contributed by atoms with van der Waals surface area (Å²) in [5, 5.41) is 38.8. The first-order valence-corrected chi connectivity index (χ1v) is 18.6. The highest BCUT2D eigenvalue weighted by Gasteiger charge is 2.24. The molecule has 4 aromatic rings. The molecule has 0 aliphatic heterocycles. The monoisotopic (exact) mass is 746 g/mol. The van der Waals surface area contributed by atoms with E-state index in [1.807, 2.05) is 72.8 Å². The number of hydrogen-bond donors (Lipinski definition) is 4. The van der Waals surface area contributed by atoms with Crippen molar-refractivity contribution in [3.63, 3.8) is 0 Å². The van der Waals surface area contributed by atoms with Crippen LogP contribution in [0.2, 0.25) is 0 Å². The van der Waals surface area contributed by atoms with E-state index in [2.05, 4.69) is 52.0 Å². The highest BCUT2D eigenvalue weighted by atomic mass is 16.5. The number of rotatable bonds is 24. The van der Waals surface area contributed by atoms with Gasteiger partial charge in [-0.3, -0.25) is 0 Å². The Bertz CT molecular complexity index is 1620. The lowest BCUT2D eigenvalue weighted by atomic mass is 9.78. The molecular formula is C44H58O10. The maximum atomic E-state index is 10.6. The number of methoxy groups -OCH3 is 1. The van der Waals surface area contributed by atoms with Crippen LogP contribution >= 0.6 is 0 Å². The minimum Gasteiger partial charge on any atom is -0.497 e. The Labute approximate surface area is 320 Å². The van der Waals surface area contributed by atoms with E-state index in [9.17, 15) is 15.3 Å². The molecule has 3 atom stereocenters. The maximum Gasteiger partial charge on any atom is 0.122 e. The third-order valence-corrected chi connectivity index (χ3v) is 9.53. The van der Waals surface area contributed by atoms with Crippen LogP contribution in [0, 0.1) is 0 Å². The summed E-state index contributed by atoms with van der Waals surface area (Å²) in [4.78, 5) is 0. The van der Waals surface area contributed by atoms with E-state index >= 15 is 0 Å². The summed E-state index contributed by atoms with van der Waals surface area (Å²) in [5.41, 5.74) is 4.06. The second-order valence-electron chi connectivity index (χ2n) is 14.5. The second kappa shape index (κ2) is 21.1. The van der Waals surface area contributed by atoms with Crippen molar-refractivity contribution in [3.05, 3.63) is 119 Å². The lowest BCUT2D eigenvalue weighted by molar-refractivity contribution is -0.00264. The molecule has 0 spiro atoms. The molecule has 10 heteroatoms. The third kappa shape index (κ3) is 13.0. The first-order valence-electron chi connectivity index (χ1n) is 18.6. The van der Waals surface area contributed by atoms with Gasteiger partial charge in [0.15, 0.2) is 0 Å². The van der Waals surface area contributed by atoms with E-state index in [0.717, 1.165) is 35.3 Å². The normalized spacial score (nSPS) is 13.6. The topological polar surface area (TPSA) is 136 Å². The number of aliphatic hydroxyl groups is 4. The highest BCUT2D eigenvalue weighted by molar-refractivity contribution is 5.43. The molecule has 3 unspecified atom stereocenters. The summed E-state index contributed by atoms with van der Waals surface area (Å²) < 4.78 is 33.6. The molecule has 294 valence electrons. The van der Waals surface area contributed by atoms with Gasteiger partial charge in [0.05, 0.1) is 26.9 Å². The molecule has 0 amide bonds. The Hall–Kier alpha value is -4.16. The van der Waals surface area contributed by atoms with E-state index in [4.69, 9.17) is 33.5 Å². The standard InChI is InChI=1S/C44H58O10/c1-43(2,32-8-16-39(49-5)17-9-32)33-12-20-41(21-13-33)53-30-38(48)31-54-42-22-14-35(15-23-42)44(3,4)34-10-18-40(19-11-34)52-29-37(47)28-51-25-7-6-24-50-27-36(46)26-45/h8-23,36-38,45-48H,6-7,24-31H2,1-5H3. The van der Waals surface area contributed by atoms with Gasteiger partial charge in [-0.15, -0.1) is 0 Å². The average molecular weight is 747 g/mol. The van der Waals surface area contributed by atoms with Gasteiger partial charge in [0, 0.05) is 24.0 Å². The summed E-state index contributed by atoms with van der Waals surface area (Å²) in [6, 6.07) is 31.8. The summed E-state index contributed by atoms with van der Waals surface area (Å²) in [5.74, 6) is 2.83. The molecule has 0 fully saturated rings. The molecule has 0 heterocycles. The number of unbranched alkanes of at least 4 members (excludes halogenated alkanes) is 1. The molecule has 0 radical (unpaired) electrons. The lowest BCUT2D eigenvalue weighted by Gasteiger charge is -2.27. The van der Waals surface area contributed by atoms with E-state index in [0.29, 0.717) is 30.5 Å². The maximum absolute atomic E-state index is 10.6. The predicted octanol–water partition coefficient (Wildman–Crippen LogP) is 6.07. The molecule has 4 rings (SSSR count). The molecule has 54 heavy (non-hydrogen) atoms. The van der Waals surface area contributed by atoms with Gasteiger partial charge in [0.2, 0.25) is 0 Å². The Morgan fingerprint density at radius 1 is 0.444 bits per heavy atom. The minimum atomic E-state index is -0.847. The summed E-state index contributed by atoms with van der Waals surface area (Å²) in [6.07, 6.45) is -0.886. The van der Waals surface area contributed by atoms with Gasteiger partial charge in [-0.2, -0.15) is 0 Å². The molecule has 0 aromatic heterocycles. The van der Waals surface area contributed by atoms with Crippen LogP contribution in [-0.2, 0) is 20.3 Å². The molecule has 4 aromatic carbocycles. The summed E-state index contributed by atoms with van der Waals surface area (Å²) >= 11 is 0. The molecule has 0 saturated carbocycles. The van der Waals surface area contributed by atoms with Crippen LogP contribution < -0.4 is 18.9 Å². The van der Waals surface area contributed by atoms with Gasteiger partial charge in [0.1, 0.15) is 61.1 Å². The van der Waals surface area contributed by atoms with Crippen LogP contribution in [0.4, 0.5) is 0 Å². The van der Waals surface area contributed by atoms with Crippen LogP contribution in [0.3, 0.4) is 0 Å². The fourth-order valence-corrected chi connectivity index (χ4v) is 5.82. The van der Waals surface area contributed by atoms with Gasteiger partial charge >= 0.3 is 0 Å². The molecular weight excluding hydrogens is 688 g/mol. The first-order chi connectivity index (χ1) is 25.9. The van der Waals surface area contributed by atoms with Crippen LogP contribution in [0.1, 0.15) is 62.8 Å². The van der Waals surface area contributed by atoms with Crippen LogP contribution in [0.15, 0.2) is 97.1 Å². The fourth-order valence-electron chi connectivity index (χ4n) is 5.82. The van der Waals surface area contributed by atoms with Crippen molar-refractivity contribution in [1.82, 2.24) is 0 Å². The number of ether oxygens (including phenoxy) is 6. The number of benzene rings is 4. The van der Waals surface area contributed by atoms with Crippen molar-refractivity contribution < 1.29 is 48.8 Å². The SMILES string of the molecule is COc1ccc(C(C)(C)c2ccc(OCC(O)COc3ccc(C(C)(C)c4ccc(OCC(O)COCCCCOCC(O)CO)cc4)cc3)cc2)cc1. The van der Waals surface area contributed by atoms with Gasteiger partial charge in [-0.1, -0.05) is 76.2 Å². The Morgan fingerprint density at radius 2 is 0.741 bits per heavy atom. The number of hydrogen-bond acceptors (Lipinski definition) is 10. The molecule has 0 bridgehead atoms. The highest BCUT2D eigenvalue weighted by Crippen LogP contribution is 2.35. The number of aliphatic hydroxyl groups excluding tert-OH is 4. The van der Waals surface area contributed by atoms with Gasteiger partial charge in [-0.25, -0.2) is 0 Å². The van der Waals surface area contributed by atoms with Crippen molar-refractivity contribution in [1.29, 1.82) is 0 Å². The molecule has 0 aliphatic carbocycles. The van der Waals surface area contributed by atoms with Crippen molar-refractivity contribution in [2.24, 2.45) is 0 Å². The van der Waals surface area contributed by atoms with Crippen LogP contribution in [-0.4, -0.2) is 98.7 Å². The van der Waals surface area contributed by atoms with Crippen molar-refractivity contribution >= 4 is 0 Å². The van der Waals surface area contributed by atoms with E-state index < -0.39 is 18.3 Å². The zero-order valence-corrected chi connectivity index (χ0v) is 32.3. The van der Waals surface area contributed by atoms with Crippen molar-refractivity contribution in [3.8, 4) is 23.0 Å². The molecule has 10 nitrogen and oxygen atoms in total. The predicted molar refractivity (Wildman–Crippen MR) is 209 cm³/mol. The van der Waals surface area contributed by atoms with Crippen LogP contribution in [0.5, 0.6) is 23.0 Å². The zero-order chi connectivity index (χ0) is 39.0. The minimum absolute atomic E-state index is 0.0994. The summed E-state index contributed by atoms with van der Waals surface area (Å²) in [6.45, 7) is 9.92. The zero-order valence-electron chi connectivity index (χ0n) is 32.3. The average Bonchev–Trinajstić information content (AvgIpc) is 3.19. The largest absolute Gasteiger partial charge is 0.497 e. The fraction of sp³-hybridized carbons (Fsp3) is 0.455. The lowest BCUT2D eigenvalue weighted by Crippen LogP contribution is -2.25. The van der Waals surface area contributed by atoms with E-state index in [1.165, 1.54) is 5.56 Å². The van der Waals surface area contributed by atoms with Gasteiger partial charge in [0.25, 0.3) is 0 Å². The van der Waals surface area contributed by atoms with E-state index in [1.54, 1.807) is 7.11 Å². The van der Waals surface area contributed by atoms with Crippen LogP contribution in [0.25, 0.3) is 0 Å². The Kier molecular flexibility index (Phi) is 16.6. The Balaban J connectivity index is 1.15. The first kappa shape index (κ1) is 42.6. The molecule has 0 aliphatic rings. The molecule has 4 N–H and O–H groups in total. The molecule has 0 saturated heterocycles. The third-order valence-electron chi connectivity index (χ3n) is 9.53. The quantitative estimate of drug-likeness (QED) is 0.0626. The van der Waals surface area contributed by atoms with E-state index in [-0.39, 0.29) is 50.5 Å². The van der Waals surface area contributed by atoms with Gasteiger partial charge < -0.3 is 48.8 Å². The van der Waals surface area contributed by atoms with Crippen molar-refractivity contribution in [2.75, 3.05) is 60.0 Å². The second-order valence-corrected chi connectivity index (χ2v) is 14.5. The Morgan fingerprint density at radius 3 is 1.06 bits per heavy atom.